The van der Waals surface area contributed by atoms with E-state index in [9.17, 15) is 18.7 Å². The van der Waals surface area contributed by atoms with Gasteiger partial charge in [0.25, 0.3) is 5.91 Å². The summed E-state index contributed by atoms with van der Waals surface area (Å²) in [6.45, 7) is 5.88. The molecule has 4 heterocycles. The lowest BCUT2D eigenvalue weighted by molar-refractivity contribution is 0.0729. The summed E-state index contributed by atoms with van der Waals surface area (Å²) < 4.78 is 39.1. The number of halogens is 3. The summed E-state index contributed by atoms with van der Waals surface area (Å²) >= 11 is 0. The summed E-state index contributed by atoms with van der Waals surface area (Å²) in [7, 11) is 0. The van der Waals surface area contributed by atoms with Crippen molar-refractivity contribution < 1.29 is 27.8 Å². The number of aliphatic hydroxyl groups excluding tert-OH is 1. The summed E-state index contributed by atoms with van der Waals surface area (Å²) in [5, 5.41) is 13.8. The summed E-state index contributed by atoms with van der Waals surface area (Å²) in [6, 6.07) is 9.34. The molecule has 0 unspecified atom stereocenters. The van der Waals surface area contributed by atoms with Gasteiger partial charge >= 0.3 is 0 Å². The second-order valence-electron chi connectivity index (χ2n) is 10.9. The molecular weight excluding hydrogens is 554 g/mol. The highest BCUT2D eigenvalue weighted by Crippen LogP contribution is 2.30. The Labute approximate surface area is 243 Å². The Balaban J connectivity index is 0.00000337. The fourth-order valence-corrected chi connectivity index (χ4v) is 5.78. The molecule has 4 aromatic rings. The van der Waals surface area contributed by atoms with Crippen molar-refractivity contribution in [2.45, 2.75) is 44.4 Å². The van der Waals surface area contributed by atoms with Gasteiger partial charge in [-0.15, -0.1) is 12.4 Å². The van der Waals surface area contributed by atoms with Crippen LogP contribution in [0.25, 0.3) is 21.9 Å². The highest BCUT2D eigenvalue weighted by molar-refractivity contribution is 5.99. The van der Waals surface area contributed by atoms with Gasteiger partial charge in [0, 0.05) is 73.9 Å². The second kappa shape index (κ2) is 12.8. The van der Waals surface area contributed by atoms with E-state index in [4.69, 9.17) is 9.15 Å². The SMILES string of the molecule is Cl.O=C(NC1CCN(CCN2CCC(O)CC2)CC1)c1cc2c(OCc3coc4cc(F)cc(F)c34)cccc2[nH]1. The Kier molecular flexibility index (Phi) is 9.13. The van der Waals surface area contributed by atoms with E-state index in [0.29, 0.717) is 17.0 Å². The molecule has 0 bridgehead atoms. The third-order valence-electron chi connectivity index (χ3n) is 8.13. The number of carbonyl (C=O) groups is 1. The topological polar surface area (TPSA) is 94.0 Å². The first-order valence-corrected chi connectivity index (χ1v) is 14.0. The number of hydrogen-bond acceptors (Lipinski definition) is 6. The molecule has 0 saturated carbocycles. The first kappa shape index (κ1) is 29.3. The van der Waals surface area contributed by atoms with E-state index in [2.05, 4.69) is 20.1 Å². The van der Waals surface area contributed by atoms with Crippen LogP contribution in [-0.2, 0) is 6.61 Å². The number of nitrogens with zero attached hydrogens (tertiary/aromatic N) is 2. The van der Waals surface area contributed by atoms with Crippen molar-refractivity contribution in [3.63, 3.8) is 0 Å². The first-order chi connectivity index (χ1) is 19.4. The minimum atomic E-state index is -0.699. The molecule has 0 radical (unpaired) electrons. The van der Waals surface area contributed by atoms with Crippen LogP contribution < -0.4 is 10.1 Å². The van der Waals surface area contributed by atoms with E-state index in [1.54, 1.807) is 12.1 Å². The van der Waals surface area contributed by atoms with Crippen molar-refractivity contribution >= 4 is 40.2 Å². The number of carbonyl (C=O) groups excluding carboxylic acids is 1. The Morgan fingerprint density at radius 2 is 1.76 bits per heavy atom. The molecule has 0 spiro atoms. The molecule has 2 fully saturated rings. The van der Waals surface area contributed by atoms with Gasteiger partial charge in [-0.2, -0.15) is 0 Å². The van der Waals surface area contributed by atoms with Crippen LogP contribution in [0.3, 0.4) is 0 Å². The molecule has 8 nitrogen and oxygen atoms in total. The number of furan rings is 1. The van der Waals surface area contributed by atoms with Crippen LogP contribution in [0.2, 0.25) is 0 Å². The maximum atomic E-state index is 14.3. The number of fused-ring (bicyclic) bond motifs is 2. The molecule has 3 N–H and O–H groups in total. The van der Waals surface area contributed by atoms with Crippen molar-refractivity contribution in [1.82, 2.24) is 20.1 Å². The molecule has 0 aliphatic carbocycles. The average Bonchev–Trinajstić information content (AvgIpc) is 3.57. The Morgan fingerprint density at radius 3 is 2.49 bits per heavy atom. The molecule has 2 aromatic carbocycles. The van der Waals surface area contributed by atoms with Gasteiger partial charge in [-0.1, -0.05) is 6.07 Å². The average molecular weight is 589 g/mol. The predicted octanol–water partition coefficient (Wildman–Crippen LogP) is 4.84. The molecule has 1 amide bonds. The van der Waals surface area contributed by atoms with Crippen LogP contribution in [0, 0.1) is 11.6 Å². The van der Waals surface area contributed by atoms with Crippen LogP contribution in [0.5, 0.6) is 5.75 Å². The number of aliphatic hydroxyl groups is 1. The van der Waals surface area contributed by atoms with Gasteiger partial charge in [0.2, 0.25) is 0 Å². The minimum Gasteiger partial charge on any atom is -0.488 e. The number of rotatable bonds is 8. The van der Waals surface area contributed by atoms with E-state index >= 15 is 0 Å². The summed E-state index contributed by atoms with van der Waals surface area (Å²) in [5.41, 5.74) is 1.81. The lowest BCUT2D eigenvalue weighted by atomic mass is 10.0. The summed E-state index contributed by atoms with van der Waals surface area (Å²) in [5.74, 6) is -1.01. The zero-order valence-electron chi connectivity index (χ0n) is 22.7. The molecule has 2 saturated heterocycles. The molecular formula is C30H35ClF2N4O4. The smallest absolute Gasteiger partial charge is 0.267 e. The third-order valence-corrected chi connectivity index (χ3v) is 8.13. The largest absolute Gasteiger partial charge is 0.488 e. The van der Waals surface area contributed by atoms with E-state index in [1.165, 1.54) is 6.26 Å². The molecule has 2 aromatic heterocycles. The monoisotopic (exact) mass is 588 g/mol. The number of benzene rings is 2. The number of aromatic amines is 1. The molecule has 41 heavy (non-hydrogen) atoms. The van der Waals surface area contributed by atoms with Gasteiger partial charge in [0.05, 0.1) is 17.8 Å². The molecule has 0 atom stereocenters. The van der Waals surface area contributed by atoms with Crippen LogP contribution in [0.1, 0.15) is 41.7 Å². The Hall–Kier alpha value is -3.18. The number of amides is 1. The predicted molar refractivity (Wildman–Crippen MR) is 155 cm³/mol. The number of hydrogen-bond donors (Lipinski definition) is 3. The van der Waals surface area contributed by atoms with Gasteiger partial charge in [0.1, 0.15) is 35.3 Å². The van der Waals surface area contributed by atoms with Gasteiger partial charge < -0.3 is 34.4 Å². The zero-order chi connectivity index (χ0) is 27.6. The maximum absolute atomic E-state index is 14.3. The number of nitrogens with one attached hydrogen (secondary N) is 2. The fraction of sp³-hybridized carbons (Fsp3) is 0.433. The van der Waals surface area contributed by atoms with E-state index < -0.39 is 11.6 Å². The van der Waals surface area contributed by atoms with Gasteiger partial charge in [-0.3, -0.25) is 4.79 Å². The van der Waals surface area contributed by atoms with Crippen molar-refractivity contribution in [3.05, 3.63) is 65.6 Å². The number of piperidine rings is 2. The van der Waals surface area contributed by atoms with E-state index in [-0.39, 0.29) is 48.0 Å². The normalized spacial score (nSPS) is 17.6. The Bertz CT molecular complexity index is 1490. The standard InChI is InChI=1S/C30H34F2N4O4.ClH/c31-20-14-24(32)29-19(18-40-28(29)15-20)17-39-27-3-1-2-25-23(27)16-26(34-25)30(38)33-21-4-8-35(9-5-21)12-13-36-10-6-22(37)7-11-36;/h1-3,14-16,18,21-22,34,37H,4-13,17H2,(H,33,38);1H. The van der Waals surface area contributed by atoms with Crippen LogP contribution in [0.4, 0.5) is 8.78 Å². The first-order valence-electron chi connectivity index (χ1n) is 14.0. The van der Waals surface area contributed by atoms with Crippen molar-refractivity contribution in [2.75, 3.05) is 39.3 Å². The quantitative estimate of drug-likeness (QED) is 0.273. The Morgan fingerprint density at radius 1 is 1.05 bits per heavy atom. The molecule has 2 aliphatic rings. The number of H-pyrrole nitrogens is 1. The van der Waals surface area contributed by atoms with Gasteiger partial charge in [-0.05, 0) is 43.9 Å². The van der Waals surface area contributed by atoms with Gasteiger partial charge in [0.15, 0.2) is 0 Å². The summed E-state index contributed by atoms with van der Waals surface area (Å²) in [4.78, 5) is 21.1. The molecule has 2 aliphatic heterocycles. The zero-order valence-corrected chi connectivity index (χ0v) is 23.5. The van der Waals surface area contributed by atoms with Crippen LogP contribution >= 0.6 is 12.4 Å². The van der Waals surface area contributed by atoms with Crippen LogP contribution in [-0.4, -0.2) is 77.2 Å². The molecule has 11 heteroatoms. The molecule has 6 rings (SSSR count). The second-order valence-corrected chi connectivity index (χ2v) is 10.9. The van der Waals surface area contributed by atoms with Crippen molar-refractivity contribution in [3.8, 4) is 5.75 Å². The van der Waals surface area contributed by atoms with Crippen LogP contribution in [0.15, 0.2) is 47.1 Å². The third kappa shape index (κ3) is 6.67. The highest BCUT2D eigenvalue weighted by atomic mass is 35.5. The lowest BCUT2D eigenvalue weighted by Gasteiger charge is -2.35. The van der Waals surface area contributed by atoms with Gasteiger partial charge in [-0.25, -0.2) is 8.78 Å². The number of ether oxygens (including phenoxy) is 1. The minimum absolute atomic E-state index is 0. The summed E-state index contributed by atoms with van der Waals surface area (Å²) in [6.07, 6.45) is 4.75. The lowest BCUT2D eigenvalue weighted by Crippen LogP contribution is -2.47. The number of likely N-dealkylation sites (tertiary alicyclic amines) is 2. The molecule has 220 valence electrons. The maximum Gasteiger partial charge on any atom is 0.267 e. The van der Waals surface area contributed by atoms with Crippen molar-refractivity contribution in [2.24, 2.45) is 0 Å². The highest BCUT2D eigenvalue weighted by Gasteiger charge is 2.24. The van der Waals surface area contributed by atoms with E-state index in [1.807, 2.05) is 12.1 Å². The van der Waals surface area contributed by atoms with Crippen molar-refractivity contribution in [1.29, 1.82) is 0 Å². The van der Waals surface area contributed by atoms with E-state index in [0.717, 1.165) is 88.0 Å². The number of aromatic nitrogens is 1. The fourth-order valence-electron chi connectivity index (χ4n) is 5.78.